The van der Waals surface area contributed by atoms with E-state index in [2.05, 4.69) is 40.1 Å². The van der Waals surface area contributed by atoms with Crippen LogP contribution in [0.15, 0.2) is 16.7 Å². The van der Waals surface area contributed by atoms with Gasteiger partial charge in [-0.15, -0.1) is 0 Å². The van der Waals surface area contributed by atoms with Crippen molar-refractivity contribution < 1.29 is 0 Å². The van der Waals surface area contributed by atoms with Crippen LogP contribution >= 0.6 is 27.5 Å². The summed E-state index contributed by atoms with van der Waals surface area (Å²) in [5, 5.41) is 4.15. The molecule has 1 aliphatic carbocycles. The van der Waals surface area contributed by atoms with E-state index >= 15 is 0 Å². The van der Waals surface area contributed by atoms with E-state index in [4.69, 9.17) is 11.6 Å². The van der Waals surface area contributed by atoms with Crippen molar-refractivity contribution in [2.24, 2.45) is 11.8 Å². The maximum Gasteiger partial charge on any atom is 0.145 e. The maximum atomic E-state index is 6.16. The number of anilines is 1. The van der Waals surface area contributed by atoms with Crippen molar-refractivity contribution >= 4 is 33.3 Å². The third-order valence-corrected chi connectivity index (χ3v) is 4.47. The van der Waals surface area contributed by atoms with Crippen molar-refractivity contribution in [2.45, 2.75) is 39.2 Å². The molecule has 1 saturated carbocycles. The number of rotatable bonds is 2. The van der Waals surface area contributed by atoms with Crippen LogP contribution in [0.5, 0.6) is 0 Å². The fraction of sp³-hybridized carbons (Fsp3) is 0.615. The van der Waals surface area contributed by atoms with Crippen molar-refractivity contribution in [1.29, 1.82) is 0 Å². The lowest BCUT2D eigenvalue weighted by Crippen LogP contribution is -2.30. The zero-order valence-electron chi connectivity index (χ0n) is 10.2. The molecule has 2 rings (SSSR count). The zero-order valence-corrected chi connectivity index (χ0v) is 12.6. The van der Waals surface area contributed by atoms with Crippen molar-refractivity contribution in [1.82, 2.24) is 4.98 Å². The summed E-state index contributed by atoms with van der Waals surface area (Å²) in [4.78, 5) is 4.33. The molecule has 1 aromatic heterocycles. The molecule has 2 nitrogen and oxygen atoms in total. The van der Waals surface area contributed by atoms with Crippen LogP contribution in [0.3, 0.4) is 0 Å². The highest BCUT2D eigenvalue weighted by atomic mass is 79.9. The van der Waals surface area contributed by atoms with Gasteiger partial charge in [-0.25, -0.2) is 4.98 Å². The number of pyridine rings is 1. The first-order valence-electron chi connectivity index (χ1n) is 6.14. The standard InChI is InChI=1S/C13H18BrClN2/c1-8-3-4-11(5-9(8)2)17-13-12(15)6-10(14)7-16-13/h6-9,11H,3-5H2,1-2H3,(H,16,17). The van der Waals surface area contributed by atoms with E-state index < -0.39 is 0 Å². The van der Waals surface area contributed by atoms with Gasteiger partial charge in [0.1, 0.15) is 5.82 Å². The molecular formula is C13H18BrClN2. The summed E-state index contributed by atoms with van der Waals surface area (Å²) in [7, 11) is 0. The van der Waals surface area contributed by atoms with E-state index in [0.29, 0.717) is 11.1 Å². The molecule has 17 heavy (non-hydrogen) atoms. The molecular weight excluding hydrogens is 300 g/mol. The summed E-state index contributed by atoms with van der Waals surface area (Å²) in [5.74, 6) is 2.42. The molecule has 4 heteroatoms. The Balaban J connectivity index is 2.01. The van der Waals surface area contributed by atoms with Crippen LogP contribution < -0.4 is 5.32 Å². The molecule has 0 bridgehead atoms. The van der Waals surface area contributed by atoms with Crippen molar-refractivity contribution in [3.63, 3.8) is 0 Å². The summed E-state index contributed by atoms with van der Waals surface area (Å²) in [5.41, 5.74) is 0. The topological polar surface area (TPSA) is 24.9 Å². The van der Waals surface area contributed by atoms with Gasteiger partial charge in [0.05, 0.1) is 5.02 Å². The van der Waals surface area contributed by atoms with E-state index in [9.17, 15) is 0 Å². The number of halogens is 2. The second-order valence-electron chi connectivity index (χ2n) is 5.09. The molecule has 94 valence electrons. The Morgan fingerprint density at radius 3 is 2.76 bits per heavy atom. The molecule has 0 radical (unpaired) electrons. The van der Waals surface area contributed by atoms with Gasteiger partial charge in [0.25, 0.3) is 0 Å². The number of nitrogens with zero attached hydrogens (tertiary/aromatic N) is 1. The van der Waals surface area contributed by atoms with Crippen LogP contribution in [-0.2, 0) is 0 Å². The first-order valence-corrected chi connectivity index (χ1v) is 7.31. The van der Waals surface area contributed by atoms with Gasteiger partial charge in [0.15, 0.2) is 0 Å². The smallest absolute Gasteiger partial charge is 0.145 e. The first kappa shape index (κ1) is 13.2. The van der Waals surface area contributed by atoms with Gasteiger partial charge >= 0.3 is 0 Å². The van der Waals surface area contributed by atoms with Crippen molar-refractivity contribution in [2.75, 3.05) is 5.32 Å². The minimum Gasteiger partial charge on any atom is -0.366 e. The van der Waals surface area contributed by atoms with Crippen molar-refractivity contribution in [3.8, 4) is 0 Å². The lowest BCUT2D eigenvalue weighted by molar-refractivity contribution is 0.260. The highest BCUT2D eigenvalue weighted by Crippen LogP contribution is 2.32. The minimum absolute atomic E-state index is 0.507. The molecule has 3 unspecified atom stereocenters. The van der Waals surface area contributed by atoms with E-state index in [-0.39, 0.29) is 0 Å². The summed E-state index contributed by atoms with van der Waals surface area (Å²) in [6.45, 7) is 4.67. The molecule has 0 saturated heterocycles. The molecule has 0 aromatic carbocycles. The average Bonchev–Trinajstić information content (AvgIpc) is 2.27. The summed E-state index contributed by atoms with van der Waals surface area (Å²) in [6.07, 6.45) is 5.48. The molecule has 1 N–H and O–H groups in total. The molecule has 0 aliphatic heterocycles. The Labute approximate surface area is 116 Å². The molecule has 0 spiro atoms. The third-order valence-electron chi connectivity index (χ3n) is 3.75. The second-order valence-corrected chi connectivity index (χ2v) is 6.42. The summed E-state index contributed by atoms with van der Waals surface area (Å²) in [6, 6.07) is 2.39. The Kier molecular flexibility index (Phi) is 4.31. The predicted molar refractivity (Wildman–Crippen MR) is 76.5 cm³/mol. The van der Waals surface area contributed by atoms with Gasteiger partial charge in [-0.1, -0.05) is 25.4 Å². The molecule has 1 aromatic rings. The van der Waals surface area contributed by atoms with Crippen LogP contribution in [0.25, 0.3) is 0 Å². The molecule has 1 fully saturated rings. The fourth-order valence-corrected chi connectivity index (χ4v) is 3.08. The Morgan fingerprint density at radius 1 is 1.35 bits per heavy atom. The van der Waals surface area contributed by atoms with Crippen LogP contribution in [0.1, 0.15) is 33.1 Å². The lowest BCUT2D eigenvalue weighted by atomic mass is 9.79. The highest BCUT2D eigenvalue weighted by Gasteiger charge is 2.24. The molecule has 3 atom stereocenters. The Hall–Kier alpha value is -0.280. The van der Waals surface area contributed by atoms with Gasteiger partial charge in [-0.05, 0) is 53.1 Å². The van der Waals surface area contributed by atoms with Crippen LogP contribution in [0.4, 0.5) is 5.82 Å². The van der Waals surface area contributed by atoms with Crippen LogP contribution in [-0.4, -0.2) is 11.0 Å². The van der Waals surface area contributed by atoms with E-state index in [1.165, 1.54) is 19.3 Å². The second kappa shape index (κ2) is 5.57. The Morgan fingerprint density at radius 2 is 2.12 bits per heavy atom. The highest BCUT2D eigenvalue weighted by molar-refractivity contribution is 9.10. The summed E-state index contributed by atoms with van der Waals surface area (Å²) >= 11 is 9.52. The predicted octanol–water partition coefficient (Wildman–Crippen LogP) is 4.73. The number of aromatic nitrogens is 1. The maximum absolute atomic E-state index is 6.16. The lowest BCUT2D eigenvalue weighted by Gasteiger charge is -2.32. The van der Waals surface area contributed by atoms with E-state index in [1.807, 2.05) is 6.07 Å². The molecule has 0 amide bonds. The number of nitrogens with one attached hydrogen (secondary N) is 1. The van der Waals surface area contributed by atoms with E-state index in [0.717, 1.165) is 22.1 Å². The van der Waals surface area contributed by atoms with Crippen LogP contribution in [0.2, 0.25) is 5.02 Å². The normalized spacial score (nSPS) is 29.1. The quantitative estimate of drug-likeness (QED) is 0.852. The first-order chi connectivity index (χ1) is 8.06. The van der Waals surface area contributed by atoms with Gasteiger partial charge in [0.2, 0.25) is 0 Å². The monoisotopic (exact) mass is 316 g/mol. The Bertz CT molecular complexity index is 397. The third kappa shape index (κ3) is 3.35. The van der Waals surface area contributed by atoms with Gasteiger partial charge < -0.3 is 5.32 Å². The minimum atomic E-state index is 0.507. The van der Waals surface area contributed by atoms with Crippen molar-refractivity contribution in [3.05, 3.63) is 21.8 Å². The zero-order chi connectivity index (χ0) is 12.4. The summed E-state index contributed by atoms with van der Waals surface area (Å²) < 4.78 is 0.915. The van der Waals surface area contributed by atoms with Crippen LogP contribution in [0, 0.1) is 11.8 Å². The number of hydrogen-bond acceptors (Lipinski definition) is 2. The largest absolute Gasteiger partial charge is 0.366 e. The van der Waals surface area contributed by atoms with E-state index in [1.54, 1.807) is 6.20 Å². The SMILES string of the molecule is CC1CCC(Nc2ncc(Br)cc2Cl)CC1C. The van der Waals surface area contributed by atoms with Gasteiger partial charge in [-0.2, -0.15) is 0 Å². The number of hydrogen-bond donors (Lipinski definition) is 1. The molecule has 1 aliphatic rings. The van der Waals surface area contributed by atoms with Gasteiger partial charge in [-0.3, -0.25) is 0 Å². The van der Waals surface area contributed by atoms with Gasteiger partial charge in [0, 0.05) is 16.7 Å². The average molecular weight is 318 g/mol. The fourth-order valence-electron chi connectivity index (χ4n) is 2.39. The molecule has 1 heterocycles.